The number of hydrogen-bond donors (Lipinski definition) is 2. The molecule has 1 amide bonds. The van der Waals surface area contributed by atoms with Crippen LogP contribution < -0.4 is 15.8 Å². The van der Waals surface area contributed by atoms with Crippen LogP contribution in [-0.2, 0) is 4.79 Å². The molecule has 0 saturated heterocycles. The minimum Gasteiger partial charge on any atom is -0.481 e. The average Bonchev–Trinajstić information content (AvgIpc) is 2.26. The third-order valence-corrected chi connectivity index (χ3v) is 2.83. The lowest BCUT2D eigenvalue weighted by Gasteiger charge is -2.24. The van der Waals surface area contributed by atoms with Gasteiger partial charge in [0.15, 0.2) is 6.10 Å². The van der Waals surface area contributed by atoms with Crippen LogP contribution in [0, 0.1) is 6.92 Å². The van der Waals surface area contributed by atoms with Crippen LogP contribution >= 0.6 is 0 Å². The molecule has 0 fully saturated rings. The monoisotopic (exact) mass is 278 g/mol. The zero-order valence-corrected chi connectivity index (χ0v) is 13.3. The Labute approximate surface area is 121 Å². The Balaban J connectivity index is 2.87. The maximum atomic E-state index is 12.1. The molecule has 1 rings (SSSR count). The fourth-order valence-corrected chi connectivity index (χ4v) is 1.84. The van der Waals surface area contributed by atoms with Crippen molar-refractivity contribution in [1.82, 2.24) is 5.32 Å². The molecule has 0 aromatic heterocycles. The van der Waals surface area contributed by atoms with Gasteiger partial charge in [0, 0.05) is 17.1 Å². The molecule has 0 aliphatic rings. The van der Waals surface area contributed by atoms with Crippen molar-refractivity contribution in [3.05, 3.63) is 29.3 Å². The first kappa shape index (κ1) is 16.5. The van der Waals surface area contributed by atoms with E-state index in [1.807, 2.05) is 52.8 Å². The third-order valence-electron chi connectivity index (χ3n) is 2.83. The Hall–Kier alpha value is -1.55. The predicted molar refractivity (Wildman–Crippen MR) is 81.8 cm³/mol. The number of benzene rings is 1. The quantitative estimate of drug-likeness (QED) is 0.890. The van der Waals surface area contributed by atoms with Crippen molar-refractivity contribution in [3.63, 3.8) is 0 Å². The first-order valence-electron chi connectivity index (χ1n) is 6.95. The Morgan fingerprint density at radius 2 is 1.90 bits per heavy atom. The molecule has 4 heteroatoms. The van der Waals surface area contributed by atoms with Gasteiger partial charge in [-0.3, -0.25) is 4.79 Å². The lowest BCUT2D eigenvalue weighted by molar-refractivity contribution is -0.128. The largest absolute Gasteiger partial charge is 0.481 e. The summed E-state index contributed by atoms with van der Waals surface area (Å²) in [7, 11) is 0. The number of nitrogens with one attached hydrogen (secondary N) is 1. The summed E-state index contributed by atoms with van der Waals surface area (Å²) in [4.78, 5) is 12.1. The highest BCUT2D eigenvalue weighted by Gasteiger charge is 2.21. The molecule has 0 aliphatic heterocycles. The van der Waals surface area contributed by atoms with E-state index in [2.05, 4.69) is 5.32 Å². The van der Waals surface area contributed by atoms with Gasteiger partial charge in [0.2, 0.25) is 0 Å². The van der Waals surface area contributed by atoms with E-state index < -0.39 is 6.10 Å². The molecular weight excluding hydrogens is 252 g/mol. The highest BCUT2D eigenvalue weighted by Crippen LogP contribution is 2.26. The van der Waals surface area contributed by atoms with Crippen LogP contribution in [0.5, 0.6) is 5.75 Å². The first-order valence-corrected chi connectivity index (χ1v) is 6.95. The van der Waals surface area contributed by atoms with Crippen LogP contribution in [0.3, 0.4) is 0 Å². The van der Waals surface area contributed by atoms with Gasteiger partial charge in [0.25, 0.3) is 5.91 Å². The summed E-state index contributed by atoms with van der Waals surface area (Å²) >= 11 is 0. The molecule has 0 aliphatic carbocycles. The molecule has 2 unspecified atom stereocenters. The number of rotatable bonds is 4. The van der Waals surface area contributed by atoms with Crippen LogP contribution in [0.25, 0.3) is 0 Å². The summed E-state index contributed by atoms with van der Waals surface area (Å²) < 4.78 is 5.80. The number of carbonyl (C=O) groups is 1. The maximum absolute atomic E-state index is 12.1. The second kappa shape index (κ2) is 6.27. The molecule has 4 nitrogen and oxygen atoms in total. The van der Waals surface area contributed by atoms with Gasteiger partial charge in [0.1, 0.15) is 5.75 Å². The molecule has 1 aromatic rings. The summed E-state index contributed by atoms with van der Waals surface area (Å²) in [6, 6.07) is 5.72. The van der Waals surface area contributed by atoms with Gasteiger partial charge in [-0.2, -0.15) is 0 Å². The molecule has 0 saturated carbocycles. The summed E-state index contributed by atoms with van der Waals surface area (Å²) in [5, 5.41) is 2.91. The summed E-state index contributed by atoms with van der Waals surface area (Å²) in [6.45, 7) is 11.5. The third kappa shape index (κ3) is 4.85. The van der Waals surface area contributed by atoms with Gasteiger partial charge < -0.3 is 15.8 Å². The highest BCUT2D eigenvalue weighted by atomic mass is 16.5. The number of carbonyl (C=O) groups excluding carboxylic acids is 1. The summed E-state index contributed by atoms with van der Waals surface area (Å²) in [6.07, 6.45) is -0.562. The summed E-state index contributed by atoms with van der Waals surface area (Å²) in [5.74, 6) is 0.547. The second-order valence-corrected chi connectivity index (χ2v) is 6.33. The van der Waals surface area contributed by atoms with Gasteiger partial charge in [-0.15, -0.1) is 0 Å². The van der Waals surface area contributed by atoms with E-state index in [-0.39, 0.29) is 17.5 Å². The maximum Gasteiger partial charge on any atom is 0.261 e. The number of amides is 1. The number of hydrogen-bond acceptors (Lipinski definition) is 3. The van der Waals surface area contributed by atoms with E-state index in [0.717, 1.165) is 11.1 Å². The Morgan fingerprint density at radius 1 is 1.30 bits per heavy atom. The van der Waals surface area contributed by atoms with Crippen LogP contribution in [0.15, 0.2) is 18.2 Å². The molecule has 3 N–H and O–H groups in total. The molecule has 0 bridgehead atoms. The van der Waals surface area contributed by atoms with E-state index in [0.29, 0.717) is 5.75 Å². The van der Waals surface area contributed by atoms with Crippen molar-refractivity contribution in [2.75, 3.05) is 0 Å². The van der Waals surface area contributed by atoms with Crippen molar-refractivity contribution < 1.29 is 9.53 Å². The molecule has 112 valence electrons. The van der Waals surface area contributed by atoms with E-state index in [9.17, 15) is 4.79 Å². The minimum atomic E-state index is -0.562. The van der Waals surface area contributed by atoms with Crippen LogP contribution in [-0.4, -0.2) is 17.6 Å². The number of aryl methyl sites for hydroxylation is 1. The number of nitrogens with two attached hydrogens (primary N) is 1. The molecule has 0 heterocycles. The van der Waals surface area contributed by atoms with Crippen molar-refractivity contribution >= 4 is 5.91 Å². The van der Waals surface area contributed by atoms with Crippen molar-refractivity contribution in [3.8, 4) is 5.75 Å². The van der Waals surface area contributed by atoms with Crippen LogP contribution in [0.2, 0.25) is 0 Å². The van der Waals surface area contributed by atoms with Gasteiger partial charge in [0.05, 0.1) is 0 Å². The van der Waals surface area contributed by atoms with E-state index >= 15 is 0 Å². The highest BCUT2D eigenvalue weighted by molar-refractivity contribution is 5.81. The fraction of sp³-hybridized carbons (Fsp3) is 0.562. The van der Waals surface area contributed by atoms with Gasteiger partial charge in [-0.25, -0.2) is 0 Å². The van der Waals surface area contributed by atoms with Crippen molar-refractivity contribution in [1.29, 1.82) is 0 Å². The lowest BCUT2D eigenvalue weighted by Crippen LogP contribution is -2.46. The predicted octanol–water partition coefficient (Wildman–Crippen LogP) is 2.70. The number of ether oxygens (including phenoxy) is 1. The van der Waals surface area contributed by atoms with Crippen LogP contribution in [0.4, 0.5) is 0 Å². The Morgan fingerprint density at radius 3 is 2.40 bits per heavy atom. The Bertz CT molecular complexity index is 476. The molecular formula is C16H26N2O2. The zero-order chi connectivity index (χ0) is 15.5. The molecule has 20 heavy (non-hydrogen) atoms. The van der Waals surface area contributed by atoms with Gasteiger partial charge >= 0.3 is 0 Å². The van der Waals surface area contributed by atoms with Gasteiger partial charge in [-0.1, -0.05) is 12.1 Å². The zero-order valence-electron chi connectivity index (χ0n) is 13.3. The SMILES string of the molecule is Cc1ccc(C(C)N)c(OC(C)C(=O)NC(C)(C)C)c1. The smallest absolute Gasteiger partial charge is 0.261 e. The van der Waals surface area contributed by atoms with Crippen molar-refractivity contribution in [2.24, 2.45) is 5.73 Å². The molecule has 1 aromatic carbocycles. The topological polar surface area (TPSA) is 64.3 Å². The normalized spacial score (nSPS) is 14.6. The molecule has 0 spiro atoms. The van der Waals surface area contributed by atoms with Crippen LogP contribution in [0.1, 0.15) is 51.8 Å². The second-order valence-electron chi connectivity index (χ2n) is 6.33. The first-order chi connectivity index (χ1) is 9.10. The van der Waals surface area contributed by atoms with E-state index in [4.69, 9.17) is 10.5 Å². The standard InChI is InChI=1S/C16H26N2O2/c1-10-7-8-13(11(2)17)14(9-10)20-12(3)15(19)18-16(4,5)6/h7-9,11-12H,17H2,1-6H3,(H,18,19). The van der Waals surface area contributed by atoms with Crippen molar-refractivity contribution in [2.45, 2.75) is 59.2 Å². The van der Waals surface area contributed by atoms with E-state index in [1.165, 1.54) is 0 Å². The Kier molecular flexibility index (Phi) is 5.17. The minimum absolute atomic E-state index is 0.130. The lowest BCUT2D eigenvalue weighted by atomic mass is 10.1. The van der Waals surface area contributed by atoms with E-state index in [1.54, 1.807) is 6.92 Å². The molecule has 2 atom stereocenters. The average molecular weight is 278 g/mol. The molecule has 0 radical (unpaired) electrons. The van der Waals surface area contributed by atoms with Gasteiger partial charge in [-0.05, 0) is 53.2 Å². The fourth-order valence-electron chi connectivity index (χ4n) is 1.84. The summed E-state index contributed by atoms with van der Waals surface area (Å²) in [5.41, 5.74) is 7.65.